The average Bonchev–Trinajstić information content (AvgIpc) is 3.43. The van der Waals surface area contributed by atoms with Crippen LogP contribution >= 0.6 is 0 Å². The zero-order valence-corrected chi connectivity index (χ0v) is 21.1. The first-order valence-corrected chi connectivity index (χ1v) is 13.6. The summed E-state index contributed by atoms with van der Waals surface area (Å²) in [7, 11) is 0. The second-order valence-corrected chi connectivity index (χ2v) is 11.2. The first-order valence-electron chi connectivity index (χ1n) is 13.6. The Bertz CT molecular complexity index is 2530. The molecule has 10 rings (SSSR count). The van der Waals surface area contributed by atoms with Gasteiger partial charge in [-0.1, -0.05) is 48.5 Å². The Kier molecular flexibility index (Phi) is 3.60. The van der Waals surface area contributed by atoms with Crippen molar-refractivity contribution in [3.8, 4) is 0 Å². The van der Waals surface area contributed by atoms with Crippen LogP contribution in [-0.2, 0) is 0 Å². The van der Waals surface area contributed by atoms with Crippen molar-refractivity contribution in [3.63, 3.8) is 0 Å². The normalized spacial score (nSPS) is 12.8. The SMILES string of the molecule is Fc1cc2c3cc4ccccc4cc3c3cc4c(cc5c6cc7ccccc7cc6c6cc(F)cc4c65)c(c1)c23. The number of hydrogen-bond donors (Lipinski definition) is 0. The Morgan fingerprint density at radius 2 is 0.525 bits per heavy atom. The van der Waals surface area contributed by atoms with Crippen molar-refractivity contribution in [1.29, 1.82) is 0 Å². The van der Waals surface area contributed by atoms with E-state index in [1.165, 1.54) is 0 Å². The molecule has 184 valence electrons. The highest BCUT2D eigenvalue weighted by Gasteiger charge is 2.21. The van der Waals surface area contributed by atoms with Crippen LogP contribution in [0.3, 0.4) is 0 Å². The molecule has 0 aliphatic heterocycles. The summed E-state index contributed by atoms with van der Waals surface area (Å²) in [6.45, 7) is 0. The summed E-state index contributed by atoms with van der Waals surface area (Å²) in [5.41, 5.74) is 0. The Hall–Kier alpha value is -5.08. The zero-order chi connectivity index (χ0) is 26.3. The molecular formula is C38H18F2. The van der Waals surface area contributed by atoms with Gasteiger partial charge in [-0.05, 0) is 158 Å². The van der Waals surface area contributed by atoms with E-state index in [1.807, 2.05) is 24.3 Å². The molecule has 0 atom stereocenters. The summed E-state index contributed by atoms with van der Waals surface area (Å²) in [4.78, 5) is 0. The van der Waals surface area contributed by atoms with E-state index in [0.29, 0.717) is 0 Å². The lowest BCUT2D eigenvalue weighted by molar-refractivity contribution is 0.630. The summed E-state index contributed by atoms with van der Waals surface area (Å²) >= 11 is 0. The maximum atomic E-state index is 15.4. The monoisotopic (exact) mass is 512 g/mol. The third kappa shape index (κ3) is 2.45. The molecule has 0 aromatic heterocycles. The molecule has 40 heavy (non-hydrogen) atoms. The van der Waals surface area contributed by atoms with E-state index in [2.05, 4.69) is 60.7 Å². The third-order valence-electron chi connectivity index (χ3n) is 9.13. The van der Waals surface area contributed by atoms with Crippen molar-refractivity contribution in [1.82, 2.24) is 0 Å². The van der Waals surface area contributed by atoms with E-state index in [1.54, 1.807) is 24.3 Å². The van der Waals surface area contributed by atoms with E-state index < -0.39 is 0 Å². The molecule has 0 bridgehead atoms. The van der Waals surface area contributed by atoms with E-state index in [9.17, 15) is 0 Å². The van der Waals surface area contributed by atoms with Crippen molar-refractivity contribution >= 4 is 97.0 Å². The lowest BCUT2D eigenvalue weighted by Crippen LogP contribution is -1.85. The third-order valence-corrected chi connectivity index (χ3v) is 9.13. The highest BCUT2D eigenvalue weighted by Crippen LogP contribution is 2.48. The maximum absolute atomic E-state index is 15.4. The number of hydrogen-bond acceptors (Lipinski definition) is 0. The molecule has 0 N–H and O–H groups in total. The van der Waals surface area contributed by atoms with Crippen molar-refractivity contribution < 1.29 is 8.78 Å². The highest BCUT2D eigenvalue weighted by atomic mass is 19.1. The van der Waals surface area contributed by atoms with E-state index >= 15 is 8.78 Å². The lowest BCUT2D eigenvalue weighted by Gasteiger charge is -2.10. The Morgan fingerprint density at radius 1 is 0.275 bits per heavy atom. The molecular weight excluding hydrogens is 494 g/mol. The van der Waals surface area contributed by atoms with Gasteiger partial charge in [-0.2, -0.15) is 0 Å². The van der Waals surface area contributed by atoms with Gasteiger partial charge in [-0.3, -0.25) is 0 Å². The average molecular weight is 513 g/mol. The van der Waals surface area contributed by atoms with Gasteiger partial charge in [0.2, 0.25) is 0 Å². The van der Waals surface area contributed by atoms with Gasteiger partial charge in [0.25, 0.3) is 0 Å². The number of rotatable bonds is 0. The largest absolute Gasteiger partial charge is 0.207 e. The first kappa shape index (κ1) is 20.8. The van der Waals surface area contributed by atoms with Gasteiger partial charge in [-0.15, -0.1) is 0 Å². The second-order valence-electron chi connectivity index (χ2n) is 11.2. The molecule has 10 aromatic carbocycles. The summed E-state index contributed by atoms with van der Waals surface area (Å²) in [5, 5.41) is 18.7. The zero-order valence-electron chi connectivity index (χ0n) is 21.1. The van der Waals surface area contributed by atoms with Crippen molar-refractivity contribution in [2.45, 2.75) is 0 Å². The molecule has 0 aliphatic carbocycles. The summed E-state index contributed by atoms with van der Waals surface area (Å²) in [6, 6.07) is 36.4. The molecule has 0 aliphatic rings. The Labute approximate surface area is 226 Å². The number of benzene rings is 8. The number of halogens is 2. The van der Waals surface area contributed by atoms with Crippen LogP contribution in [0.4, 0.5) is 8.78 Å². The van der Waals surface area contributed by atoms with Gasteiger partial charge < -0.3 is 0 Å². The highest BCUT2D eigenvalue weighted by molar-refractivity contribution is 6.41. The predicted octanol–water partition coefficient (Wildman–Crippen LogP) is 11.2. The van der Waals surface area contributed by atoms with Crippen LogP contribution in [0.5, 0.6) is 0 Å². The van der Waals surface area contributed by atoms with Crippen LogP contribution in [0.2, 0.25) is 0 Å². The van der Waals surface area contributed by atoms with Crippen LogP contribution in [0.15, 0.2) is 109 Å². The van der Waals surface area contributed by atoms with Crippen LogP contribution in [0.25, 0.3) is 97.0 Å². The molecule has 0 saturated heterocycles. The summed E-state index contributed by atoms with van der Waals surface area (Å²) in [6.07, 6.45) is 0. The fraction of sp³-hybridized carbons (Fsp3) is 0. The molecule has 0 radical (unpaired) electrons. The topological polar surface area (TPSA) is 0 Å². The minimum Gasteiger partial charge on any atom is -0.207 e. The quantitative estimate of drug-likeness (QED) is 0.177. The minimum absolute atomic E-state index is 0.259. The molecule has 2 heteroatoms. The Morgan fingerprint density at radius 3 is 0.825 bits per heavy atom. The summed E-state index contributed by atoms with van der Waals surface area (Å²) in [5.74, 6) is -0.519. The molecule has 0 spiro atoms. The molecule has 0 fully saturated rings. The van der Waals surface area contributed by atoms with Crippen LogP contribution in [0.1, 0.15) is 0 Å². The molecule has 10 aromatic rings. The first-order chi connectivity index (χ1) is 19.6. The standard InChI is InChI=1S/C38H18F2/c39-23-13-31-25-9-19-5-1-3-7-21(19)11-27(25)35-17-29-30(33(15-23)37(31)35)18-36-28-12-22-8-4-2-6-20(22)10-26(28)32-14-24(40)16-34(29)38(32)36/h1-18H. The second kappa shape index (κ2) is 6.91. The van der Waals surface area contributed by atoms with Crippen molar-refractivity contribution in [2.24, 2.45) is 0 Å². The van der Waals surface area contributed by atoms with Gasteiger partial charge in [0.05, 0.1) is 0 Å². The minimum atomic E-state index is -0.259. The van der Waals surface area contributed by atoms with Gasteiger partial charge in [0.1, 0.15) is 11.6 Å². The molecule has 0 amide bonds. The van der Waals surface area contributed by atoms with Crippen LogP contribution in [-0.4, -0.2) is 0 Å². The molecule has 0 unspecified atom stereocenters. The van der Waals surface area contributed by atoms with Crippen LogP contribution in [0, 0.1) is 11.6 Å². The molecule has 0 heterocycles. The van der Waals surface area contributed by atoms with E-state index in [4.69, 9.17) is 0 Å². The smallest absolute Gasteiger partial charge is 0.124 e. The predicted molar refractivity (Wildman–Crippen MR) is 166 cm³/mol. The fourth-order valence-corrected chi connectivity index (χ4v) is 7.47. The molecule has 0 saturated carbocycles. The van der Waals surface area contributed by atoms with Crippen molar-refractivity contribution in [3.05, 3.63) is 121 Å². The Balaban J connectivity index is 1.50. The van der Waals surface area contributed by atoms with E-state index in [-0.39, 0.29) is 11.6 Å². The molecule has 0 nitrogen and oxygen atoms in total. The van der Waals surface area contributed by atoms with Gasteiger partial charge >= 0.3 is 0 Å². The van der Waals surface area contributed by atoms with E-state index in [0.717, 1.165) is 97.0 Å². The maximum Gasteiger partial charge on any atom is 0.124 e. The fourth-order valence-electron chi connectivity index (χ4n) is 7.47. The summed E-state index contributed by atoms with van der Waals surface area (Å²) < 4.78 is 30.7. The van der Waals surface area contributed by atoms with Gasteiger partial charge in [0.15, 0.2) is 0 Å². The van der Waals surface area contributed by atoms with Gasteiger partial charge in [0, 0.05) is 0 Å². The van der Waals surface area contributed by atoms with Gasteiger partial charge in [-0.25, -0.2) is 8.78 Å². The van der Waals surface area contributed by atoms with Crippen molar-refractivity contribution in [2.75, 3.05) is 0 Å². The lowest BCUT2D eigenvalue weighted by atomic mass is 9.93. The number of fused-ring (bicyclic) bond motifs is 11. The van der Waals surface area contributed by atoms with Crippen LogP contribution < -0.4 is 0 Å².